The number of amides is 1. The summed E-state index contributed by atoms with van der Waals surface area (Å²) in [5.74, 6) is 0.426. The molecule has 2 N–H and O–H groups in total. The predicted molar refractivity (Wildman–Crippen MR) is 57.0 cm³/mol. The van der Waals surface area contributed by atoms with Gasteiger partial charge in [0.25, 0.3) is 5.91 Å². The van der Waals surface area contributed by atoms with Crippen LogP contribution in [-0.4, -0.2) is 30.8 Å². The van der Waals surface area contributed by atoms with Crippen LogP contribution in [0.25, 0.3) is 0 Å². The number of ether oxygens (including phenoxy) is 1. The van der Waals surface area contributed by atoms with Crippen LogP contribution in [0.3, 0.4) is 0 Å². The minimum absolute atomic E-state index is 0.0737. The van der Waals surface area contributed by atoms with E-state index < -0.39 is 0 Å². The maximum Gasteiger partial charge on any atom is 0.251 e. The van der Waals surface area contributed by atoms with Gasteiger partial charge < -0.3 is 15.2 Å². The lowest BCUT2D eigenvalue weighted by Gasteiger charge is -2.11. The van der Waals surface area contributed by atoms with Gasteiger partial charge in [0.2, 0.25) is 0 Å². The van der Waals surface area contributed by atoms with Crippen LogP contribution in [-0.2, 0) is 0 Å². The van der Waals surface area contributed by atoms with Gasteiger partial charge in [0, 0.05) is 11.6 Å². The predicted octanol–water partition coefficient (Wildman–Crippen LogP) is 0.806. The zero-order chi connectivity index (χ0) is 11.3. The van der Waals surface area contributed by atoms with Crippen LogP contribution in [0.5, 0.6) is 5.75 Å². The van der Waals surface area contributed by atoms with Gasteiger partial charge in [0.15, 0.2) is 0 Å². The SMILES string of the molecule is COc1cccc(C(=O)N[C@@H](C)CO)c1. The van der Waals surface area contributed by atoms with Crippen LogP contribution in [0.4, 0.5) is 0 Å². The maximum atomic E-state index is 11.6. The Kier molecular flexibility index (Phi) is 4.12. The van der Waals surface area contributed by atoms with E-state index in [-0.39, 0.29) is 18.6 Å². The van der Waals surface area contributed by atoms with Crippen molar-refractivity contribution in [2.75, 3.05) is 13.7 Å². The molecule has 1 rings (SSSR count). The molecular weight excluding hydrogens is 194 g/mol. The first-order valence-electron chi connectivity index (χ1n) is 4.73. The molecule has 0 fully saturated rings. The second kappa shape index (κ2) is 5.36. The van der Waals surface area contributed by atoms with Gasteiger partial charge in [-0.3, -0.25) is 4.79 Å². The second-order valence-electron chi connectivity index (χ2n) is 3.29. The van der Waals surface area contributed by atoms with E-state index in [1.54, 1.807) is 38.3 Å². The Bertz CT molecular complexity index is 338. The number of benzene rings is 1. The molecule has 0 aliphatic heterocycles. The van der Waals surface area contributed by atoms with E-state index in [9.17, 15) is 4.79 Å². The van der Waals surface area contributed by atoms with Crippen molar-refractivity contribution in [3.05, 3.63) is 29.8 Å². The second-order valence-corrected chi connectivity index (χ2v) is 3.29. The molecule has 4 nitrogen and oxygen atoms in total. The normalized spacial score (nSPS) is 11.9. The topological polar surface area (TPSA) is 58.6 Å². The molecule has 1 aromatic rings. The average molecular weight is 209 g/mol. The summed E-state index contributed by atoms with van der Waals surface area (Å²) in [5, 5.41) is 11.4. The zero-order valence-corrected chi connectivity index (χ0v) is 8.86. The van der Waals surface area contributed by atoms with Crippen molar-refractivity contribution < 1.29 is 14.6 Å². The van der Waals surface area contributed by atoms with Gasteiger partial charge in [-0.2, -0.15) is 0 Å². The minimum Gasteiger partial charge on any atom is -0.497 e. The van der Waals surface area contributed by atoms with Gasteiger partial charge in [0.1, 0.15) is 5.75 Å². The maximum absolute atomic E-state index is 11.6. The van der Waals surface area contributed by atoms with E-state index in [1.165, 1.54) is 0 Å². The van der Waals surface area contributed by atoms with E-state index in [4.69, 9.17) is 9.84 Å². The molecule has 0 aliphatic rings. The van der Waals surface area contributed by atoms with Crippen LogP contribution in [0, 0.1) is 0 Å². The lowest BCUT2D eigenvalue weighted by atomic mass is 10.2. The Morgan fingerprint density at radius 3 is 2.93 bits per heavy atom. The van der Waals surface area contributed by atoms with E-state index in [0.29, 0.717) is 11.3 Å². The Morgan fingerprint density at radius 2 is 2.33 bits per heavy atom. The molecular formula is C11H15NO3. The van der Waals surface area contributed by atoms with E-state index in [0.717, 1.165) is 0 Å². The molecule has 1 atom stereocenters. The van der Waals surface area contributed by atoms with Crippen LogP contribution < -0.4 is 10.1 Å². The van der Waals surface area contributed by atoms with Gasteiger partial charge in [-0.15, -0.1) is 0 Å². The smallest absolute Gasteiger partial charge is 0.251 e. The Labute approximate surface area is 88.9 Å². The van der Waals surface area contributed by atoms with Gasteiger partial charge in [-0.1, -0.05) is 6.07 Å². The number of nitrogens with one attached hydrogen (secondary N) is 1. The van der Waals surface area contributed by atoms with Gasteiger partial charge >= 0.3 is 0 Å². The number of hydrogen-bond donors (Lipinski definition) is 2. The van der Waals surface area contributed by atoms with Crippen molar-refractivity contribution in [2.45, 2.75) is 13.0 Å². The summed E-state index contributed by atoms with van der Waals surface area (Å²) >= 11 is 0. The highest BCUT2D eigenvalue weighted by atomic mass is 16.5. The number of hydrogen-bond acceptors (Lipinski definition) is 3. The summed E-state index contributed by atoms with van der Waals surface area (Å²) in [5.41, 5.74) is 0.523. The molecule has 0 saturated carbocycles. The monoisotopic (exact) mass is 209 g/mol. The molecule has 0 aliphatic carbocycles. The van der Waals surface area contributed by atoms with Crippen molar-refractivity contribution >= 4 is 5.91 Å². The Morgan fingerprint density at radius 1 is 1.60 bits per heavy atom. The lowest BCUT2D eigenvalue weighted by molar-refractivity contribution is 0.0922. The van der Waals surface area contributed by atoms with Crippen molar-refractivity contribution in [1.29, 1.82) is 0 Å². The van der Waals surface area contributed by atoms with E-state index in [2.05, 4.69) is 5.32 Å². The van der Waals surface area contributed by atoms with E-state index in [1.807, 2.05) is 0 Å². The van der Waals surface area contributed by atoms with Crippen molar-refractivity contribution in [2.24, 2.45) is 0 Å². The highest BCUT2D eigenvalue weighted by molar-refractivity contribution is 5.94. The van der Waals surface area contributed by atoms with Crippen molar-refractivity contribution in [1.82, 2.24) is 5.32 Å². The number of aliphatic hydroxyl groups excluding tert-OH is 1. The summed E-state index contributed by atoms with van der Waals surface area (Å²) in [6.07, 6.45) is 0. The third-order valence-corrected chi connectivity index (χ3v) is 1.98. The number of methoxy groups -OCH3 is 1. The lowest BCUT2D eigenvalue weighted by Crippen LogP contribution is -2.34. The number of carbonyl (C=O) groups is 1. The van der Waals surface area contributed by atoms with Crippen LogP contribution in [0.1, 0.15) is 17.3 Å². The molecule has 0 radical (unpaired) electrons. The first kappa shape index (κ1) is 11.5. The van der Waals surface area contributed by atoms with E-state index >= 15 is 0 Å². The molecule has 15 heavy (non-hydrogen) atoms. The standard InChI is InChI=1S/C11H15NO3/c1-8(7-13)12-11(14)9-4-3-5-10(6-9)15-2/h3-6,8,13H,7H2,1-2H3,(H,12,14)/t8-/m0/s1. The van der Waals surface area contributed by atoms with Gasteiger partial charge in [-0.05, 0) is 25.1 Å². The average Bonchev–Trinajstić information content (AvgIpc) is 2.28. The molecule has 0 saturated heterocycles. The molecule has 0 spiro atoms. The van der Waals surface area contributed by atoms with Crippen LogP contribution >= 0.6 is 0 Å². The molecule has 82 valence electrons. The number of rotatable bonds is 4. The third kappa shape index (κ3) is 3.25. The van der Waals surface area contributed by atoms with Gasteiger partial charge in [0.05, 0.1) is 13.7 Å². The fourth-order valence-corrected chi connectivity index (χ4v) is 1.12. The Balaban J connectivity index is 2.73. The van der Waals surface area contributed by atoms with Crippen LogP contribution in [0.15, 0.2) is 24.3 Å². The zero-order valence-electron chi connectivity index (χ0n) is 8.86. The quantitative estimate of drug-likeness (QED) is 0.771. The summed E-state index contributed by atoms with van der Waals surface area (Å²) < 4.78 is 5.01. The highest BCUT2D eigenvalue weighted by Crippen LogP contribution is 2.12. The summed E-state index contributed by atoms with van der Waals surface area (Å²) in [6.45, 7) is 1.66. The summed E-state index contributed by atoms with van der Waals surface area (Å²) in [4.78, 5) is 11.6. The third-order valence-electron chi connectivity index (χ3n) is 1.98. The largest absolute Gasteiger partial charge is 0.497 e. The number of carbonyl (C=O) groups excluding carboxylic acids is 1. The molecule has 0 unspecified atom stereocenters. The fourth-order valence-electron chi connectivity index (χ4n) is 1.12. The molecule has 1 aromatic carbocycles. The number of aliphatic hydroxyl groups is 1. The molecule has 0 aromatic heterocycles. The van der Waals surface area contributed by atoms with Crippen LogP contribution in [0.2, 0.25) is 0 Å². The molecule has 0 bridgehead atoms. The summed E-state index contributed by atoms with van der Waals surface area (Å²) in [7, 11) is 1.55. The van der Waals surface area contributed by atoms with Gasteiger partial charge in [-0.25, -0.2) is 0 Å². The Hall–Kier alpha value is -1.55. The first-order chi connectivity index (χ1) is 7.17. The molecule has 0 heterocycles. The fraction of sp³-hybridized carbons (Fsp3) is 0.364. The molecule has 1 amide bonds. The van der Waals surface area contributed by atoms with Crippen molar-refractivity contribution in [3.8, 4) is 5.75 Å². The van der Waals surface area contributed by atoms with Crippen molar-refractivity contribution in [3.63, 3.8) is 0 Å². The first-order valence-corrected chi connectivity index (χ1v) is 4.73. The minimum atomic E-state index is -0.247. The highest BCUT2D eigenvalue weighted by Gasteiger charge is 2.09. The molecule has 4 heteroatoms. The summed E-state index contributed by atoms with van der Waals surface area (Å²) in [6, 6.07) is 6.62.